The van der Waals surface area contributed by atoms with E-state index in [4.69, 9.17) is 10.5 Å². The van der Waals surface area contributed by atoms with E-state index < -0.39 is 5.91 Å². The van der Waals surface area contributed by atoms with E-state index in [1.54, 1.807) is 19.1 Å². The Morgan fingerprint density at radius 2 is 1.87 bits per heavy atom. The largest absolute Gasteiger partial charge is 0.489 e. The Bertz CT molecular complexity index is 768. The quantitative estimate of drug-likeness (QED) is 0.881. The first kappa shape index (κ1) is 15.3. The molecule has 1 aliphatic rings. The topological polar surface area (TPSA) is 69.4 Å². The summed E-state index contributed by atoms with van der Waals surface area (Å²) in [5.41, 5.74) is 8.19. The maximum Gasteiger partial charge on any atom is 0.248 e. The first-order chi connectivity index (χ1) is 11.0. The van der Waals surface area contributed by atoms with Crippen LogP contribution in [0.2, 0.25) is 0 Å². The Hall–Kier alpha value is -2.62. The van der Waals surface area contributed by atoms with Gasteiger partial charge in [-0.05, 0) is 24.6 Å². The van der Waals surface area contributed by atoms with E-state index in [0.717, 1.165) is 11.1 Å². The fourth-order valence-electron chi connectivity index (χ4n) is 3.17. The SMILES string of the molecule is CCC(=O)c1cc(C(N)=O)cc2c1O[C@H](C)[C@H]2c1ccccc1. The molecule has 0 aliphatic carbocycles. The fraction of sp³-hybridized carbons (Fsp3) is 0.263. The second-order valence-electron chi connectivity index (χ2n) is 5.79. The predicted molar refractivity (Wildman–Crippen MR) is 88.0 cm³/mol. The van der Waals surface area contributed by atoms with Crippen LogP contribution in [-0.4, -0.2) is 17.8 Å². The molecule has 1 amide bonds. The number of hydrogen-bond acceptors (Lipinski definition) is 3. The van der Waals surface area contributed by atoms with Crippen LogP contribution >= 0.6 is 0 Å². The van der Waals surface area contributed by atoms with Crippen molar-refractivity contribution in [3.05, 3.63) is 64.7 Å². The zero-order valence-electron chi connectivity index (χ0n) is 13.2. The zero-order valence-corrected chi connectivity index (χ0v) is 13.2. The van der Waals surface area contributed by atoms with Crippen LogP contribution in [0.4, 0.5) is 0 Å². The highest BCUT2D eigenvalue weighted by molar-refractivity contribution is 6.03. The van der Waals surface area contributed by atoms with Crippen molar-refractivity contribution in [3.8, 4) is 5.75 Å². The summed E-state index contributed by atoms with van der Waals surface area (Å²) in [4.78, 5) is 23.9. The lowest BCUT2D eigenvalue weighted by Gasteiger charge is -2.15. The van der Waals surface area contributed by atoms with Crippen LogP contribution in [0.5, 0.6) is 5.75 Å². The number of carbonyl (C=O) groups excluding carboxylic acids is 2. The van der Waals surface area contributed by atoms with Gasteiger partial charge in [0.15, 0.2) is 5.78 Å². The third kappa shape index (κ3) is 2.61. The maximum absolute atomic E-state index is 12.3. The van der Waals surface area contributed by atoms with Crippen LogP contribution < -0.4 is 10.5 Å². The third-order valence-electron chi connectivity index (χ3n) is 4.29. The lowest BCUT2D eigenvalue weighted by atomic mass is 9.86. The van der Waals surface area contributed by atoms with Crippen LogP contribution in [0.15, 0.2) is 42.5 Å². The number of Topliss-reactive ketones (excluding diaryl/α,β-unsaturated/α-hetero) is 1. The van der Waals surface area contributed by atoms with Gasteiger partial charge in [-0.3, -0.25) is 9.59 Å². The molecule has 2 N–H and O–H groups in total. The van der Waals surface area contributed by atoms with E-state index in [-0.39, 0.29) is 17.8 Å². The van der Waals surface area contributed by atoms with Crippen molar-refractivity contribution in [1.82, 2.24) is 0 Å². The first-order valence-corrected chi connectivity index (χ1v) is 7.75. The predicted octanol–water partition coefficient (Wildman–Crippen LogP) is 3.29. The lowest BCUT2D eigenvalue weighted by molar-refractivity contribution is 0.0983. The molecule has 3 rings (SSSR count). The summed E-state index contributed by atoms with van der Waals surface area (Å²) in [5, 5.41) is 0. The molecular formula is C19H19NO3. The normalized spacial score (nSPS) is 19.0. The first-order valence-electron chi connectivity index (χ1n) is 7.75. The molecule has 118 valence electrons. The molecule has 4 nitrogen and oxygen atoms in total. The smallest absolute Gasteiger partial charge is 0.248 e. The number of carbonyl (C=O) groups is 2. The minimum atomic E-state index is -0.538. The molecule has 2 atom stereocenters. The Kier molecular flexibility index (Phi) is 3.90. The minimum Gasteiger partial charge on any atom is -0.489 e. The van der Waals surface area contributed by atoms with Gasteiger partial charge in [0.05, 0.1) is 5.56 Å². The van der Waals surface area contributed by atoms with Crippen LogP contribution in [0.25, 0.3) is 0 Å². The van der Waals surface area contributed by atoms with Gasteiger partial charge < -0.3 is 10.5 Å². The molecule has 4 heteroatoms. The van der Waals surface area contributed by atoms with E-state index in [0.29, 0.717) is 23.3 Å². The minimum absolute atomic E-state index is 0.0195. The average molecular weight is 309 g/mol. The van der Waals surface area contributed by atoms with Crippen molar-refractivity contribution in [1.29, 1.82) is 0 Å². The Morgan fingerprint density at radius 1 is 1.17 bits per heavy atom. The van der Waals surface area contributed by atoms with Crippen molar-refractivity contribution in [2.45, 2.75) is 32.3 Å². The van der Waals surface area contributed by atoms with Crippen LogP contribution in [0, 0.1) is 0 Å². The summed E-state index contributed by atoms with van der Waals surface area (Å²) >= 11 is 0. The molecule has 2 aromatic rings. The highest BCUT2D eigenvalue weighted by Gasteiger charge is 2.36. The van der Waals surface area contributed by atoms with E-state index in [2.05, 4.69) is 0 Å². The number of benzene rings is 2. The van der Waals surface area contributed by atoms with Crippen molar-refractivity contribution < 1.29 is 14.3 Å². The molecule has 2 aromatic carbocycles. The number of rotatable bonds is 4. The molecule has 1 heterocycles. The number of ether oxygens (including phenoxy) is 1. The summed E-state index contributed by atoms with van der Waals surface area (Å²) in [6.45, 7) is 3.76. The summed E-state index contributed by atoms with van der Waals surface area (Å²) in [6, 6.07) is 13.2. The van der Waals surface area contributed by atoms with Crippen molar-refractivity contribution in [3.63, 3.8) is 0 Å². The van der Waals surface area contributed by atoms with Gasteiger partial charge in [0.2, 0.25) is 5.91 Å². The molecule has 0 radical (unpaired) electrons. The van der Waals surface area contributed by atoms with Gasteiger partial charge >= 0.3 is 0 Å². The molecule has 0 saturated carbocycles. The summed E-state index contributed by atoms with van der Waals surface area (Å²) in [5.74, 6) is -0.0216. The van der Waals surface area contributed by atoms with Crippen LogP contribution in [0.1, 0.15) is 58.0 Å². The zero-order chi connectivity index (χ0) is 16.6. The van der Waals surface area contributed by atoms with E-state index in [1.165, 1.54) is 0 Å². The molecular weight excluding hydrogens is 290 g/mol. The Morgan fingerprint density at radius 3 is 2.48 bits per heavy atom. The molecule has 0 aromatic heterocycles. The number of fused-ring (bicyclic) bond motifs is 1. The van der Waals surface area contributed by atoms with Gasteiger partial charge in [0, 0.05) is 23.5 Å². The second-order valence-corrected chi connectivity index (χ2v) is 5.79. The van der Waals surface area contributed by atoms with Crippen LogP contribution in [-0.2, 0) is 0 Å². The van der Waals surface area contributed by atoms with E-state index in [9.17, 15) is 9.59 Å². The lowest BCUT2D eigenvalue weighted by Crippen LogP contribution is -2.15. The number of amides is 1. The molecule has 0 fully saturated rings. The maximum atomic E-state index is 12.3. The van der Waals surface area contributed by atoms with Gasteiger partial charge in [0.25, 0.3) is 0 Å². The summed E-state index contributed by atoms with van der Waals surface area (Å²) in [7, 11) is 0. The molecule has 0 saturated heterocycles. The van der Waals surface area contributed by atoms with Crippen molar-refractivity contribution >= 4 is 11.7 Å². The Balaban J connectivity index is 2.21. The van der Waals surface area contributed by atoms with Gasteiger partial charge in [0.1, 0.15) is 11.9 Å². The second kappa shape index (κ2) is 5.88. The van der Waals surface area contributed by atoms with Gasteiger partial charge in [-0.2, -0.15) is 0 Å². The summed E-state index contributed by atoms with van der Waals surface area (Å²) in [6.07, 6.45) is 0.238. The fourth-order valence-corrected chi connectivity index (χ4v) is 3.17. The van der Waals surface area contributed by atoms with E-state index in [1.807, 2.05) is 37.3 Å². The van der Waals surface area contributed by atoms with Crippen molar-refractivity contribution in [2.75, 3.05) is 0 Å². The molecule has 0 bridgehead atoms. The molecule has 0 spiro atoms. The summed E-state index contributed by atoms with van der Waals surface area (Å²) < 4.78 is 5.99. The number of primary amides is 1. The molecule has 0 unspecified atom stereocenters. The van der Waals surface area contributed by atoms with E-state index >= 15 is 0 Å². The number of hydrogen-bond donors (Lipinski definition) is 1. The van der Waals surface area contributed by atoms with Crippen LogP contribution in [0.3, 0.4) is 0 Å². The standard InChI is InChI=1S/C19H19NO3/c1-3-16(21)14-9-13(19(20)22)10-15-17(11(2)23-18(14)15)12-7-5-4-6-8-12/h4-11,17H,3H2,1-2H3,(H2,20,22)/t11-,17+/m1/s1. The highest BCUT2D eigenvalue weighted by atomic mass is 16.5. The molecule has 23 heavy (non-hydrogen) atoms. The van der Waals surface area contributed by atoms with Crippen molar-refractivity contribution in [2.24, 2.45) is 5.73 Å². The van der Waals surface area contributed by atoms with Gasteiger partial charge in [-0.25, -0.2) is 0 Å². The molecule has 1 aliphatic heterocycles. The third-order valence-corrected chi connectivity index (χ3v) is 4.29. The average Bonchev–Trinajstić information content (AvgIpc) is 2.89. The highest BCUT2D eigenvalue weighted by Crippen LogP contribution is 2.45. The number of nitrogens with two attached hydrogens (primary N) is 1. The Labute approximate surface area is 135 Å². The van der Waals surface area contributed by atoms with Gasteiger partial charge in [-0.1, -0.05) is 37.3 Å². The monoisotopic (exact) mass is 309 g/mol. The number of ketones is 1. The van der Waals surface area contributed by atoms with Gasteiger partial charge in [-0.15, -0.1) is 0 Å².